The first-order chi connectivity index (χ1) is 14.5. The van der Waals surface area contributed by atoms with Crippen LogP contribution < -0.4 is 9.04 Å². The van der Waals surface area contributed by atoms with Crippen molar-refractivity contribution in [2.24, 2.45) is 0 Å². The van der Waals surface area contributed by atoms with Gasteiger partial charge in [0.2, 0.25) is 10.0 Å². The Hall–Kier alpha value is -2.91. The van der Waals surface area contributed by atoms with Gasteiger partial charge in [-0.3, -0.25) is 4.31 Å². The maximum atomic E-state index is 12.3. The SMILES string of the molecule is COc1cccc(-c2nc(COC(=O)c3ccc(N4CCCS4(=O)=O)cc3)cs2)c1. The highest BCUT2D eigenvalue weighted by atomic mass is 32.2. The Bertz CT molecular complexity index is 1160. The molecule has 0 radical (unpaired) electrons. The fourth-order valence-corrected chi connectivity index (χ4v) is 5.54. The van der Waals surface area contributed by atoms with Crippen LogP contribution in [0.5, 0.6) is 5.75 Å². The average molecular weight is 445 g/mol. The average Bonchev–Trinajstić information content (AvgIpc) is 3.38. The molecular formula is C21H20N2O5S2. The van der Waals surface area contributed by atoms with Gasteiger partial charge in [-0.25, -0.2) is 18.2 Å². The number of rotatable bonds is 6. The summed E-state index contributed by atoms with van der Waals surface area (Å²) in [6.07, 6.45) is 0.609. The molecule has 0 spiro atoms. The van der Waals surface area contributed by atoms with Crippen LogP contribution in [0.15, 0.2) is 53.9 Å². The third-order valence-corrected chi connectivity index (χ3v) is 7.52. The summed E-state index contributed by atoms with van der Waals surface area (Å²) in [6, 6.07) is 14.0. The molecule has 156 valence electrons. The number of hydrogen-bond donors (Lipinski definition) is 0. The Kier molecular flexibility index (Phi) is 5.74. The van der Waals surface area contributed by atoms with Crippen molar-refractivity contribution in [3.8, 4) is 16.3 Å². The number of nitrogens with zero attached hydrogens (tertiary/aromatic N) is 2. The van der Waals surface area contributed by atoms with Crippen LogP contribution in [0.3, 0.4) is 0 Å². The Balaban J connectivity index is 1.38. The molecule has 4 rings (SSSR count). The number of anilines is 1. The van der Waals surface area contributed by atoms with Crippen LogP contribution in [0.1, 0.15) is 22.5 Å². The minimum Gasteiger partial charge on any atom is -0.497 e. The number of carbonyl (C=O) groups excluding carboxylic acids is 1. The van der Waals surface area contributed by atoms with Gasteiger partial charge in [0.1, 0.15) is 17.4 Å². The third kappa shape index (κ3) is 4.31. The minimum absolute atomic E-state index is 0.0571. The van der Waals surface area contributed by atoms with E-state index in [4.69, 9.17) is 9.47 Å². The maximum Gasteiger partial charge on any atom is 0.338 e. The molecule has 0 aliphatic carbocycles. The lowest BCUT2D eigenvalue weighted by Crippen LogP contribution is -2.25. The highest BCUT2D eigenvalue weighted by molar-refractivity contribution is 7.93. The number of thiazole rings is 1. The Morgan fingerprint density at radius 3 is 2.70 bits per heavy atom. The van der Waals surface area contributed by atoms with E-state index < -0.39 is 16.0 Å². The molecule has 1 aromatic heterocycles. The normalized spacial score (nSPS) is 15.2. The zero-order valence-electron chi connectivity index (χ0n) is 16.3. The number of aromatic nitrogens is 1. The number of carbonyl (C=O) groups is 1. The van der Waals surface area contributed by atoms with Gasteiger partial charge in [-0.2, -0.15) is 0 Å². The molecule has 30 heavy (non-hydrogen) atoms. The summed E-state index contributed by atoms with van der Waals surface area (Å²) in [5.41, 5.74) is 2.51. The van der Waals surface area contributed by atoms with Crippen LogP contribution in [-0.4, -0.2) is 38.8 Å². The maximum absolute atomic E-state index is 12.3. The number of ether oxygens (including phenoxy) is 2. The van der Waals surface area contributed by atoms with Crippen molar-refractivity contribution in [2.45, 2.75) is 13.0 Å². The Labute approximate surface area is 178 Å². The van der Waals surface area contributed by atoms with E-state index in [9.17, 15) is 13.2 Å². The summed E-state index contributed by atoms with van der Waals surface area (Å²) in [7, 11) is -1.63. The van der Waals surface area contributed by atoms with E-state index in [1.807, 2.05) is 29.6 Å². The van der Waals surface area contributed by atoms with Crippen molar-refractivity contribution in [3.63, 3.8) is 0 Å². The molecule has 7 nitrogen and oxygen atoms in total. The van der Waals surface area contributed by atoms with Gasteiger partial charge in [-0.05, 0) is 42.8 Å². The summed E-state index contributed by atoms with van der Waals surface area (Å²) in [5.74, 6) is 0.421. The monoisotopic (exact) mass is 444 g/mol. The second-order valence-corrected chi connectivity index (χ2v) is 9.61. The third-order valence-electron chi connectivity index (χ3n) is 4.71. The van der Waals surface area contributed by atoms with E-state index >= 15 is 0 Å². The van der Waals surface area contributed by atoms with Gasteiger partial charge in [-0.1, -0.05) is 12.1 Å². The molecule has 0 amide bonds. The summed E-state index contributed by atoms with van der Waals surface area (Å²) < 4.78 is 36.0. The first kappa shape index (κ1) is 20.4. The van der Waals surface area contributed by atoms with Crippen molar-refractivity contribution in [2.75, 3.05) is 23.7 Å². The highest BCUT2D eigenvalue weighted by Crippen LogP contribution is 2.27. The number of esters is 1. The minimum atomic E-state index is -3.24. The molecule has 2 aromatic carbocycles. The van der Waals surface area contributed by atoms with Gasteiger partial charge < -0.3 is 9.47 Å². The first-order valence-corrected chi connectivity index (χ1v) is 11.8. The summed E-state index contributed by atoms with van der Waals surface area (Å²) in [4.78, 5) is 16.9. The highest BCUT2D eigenvalue weighted by Gasteiger charge is 2.28. The largest absolute Gasteiger partial charge is 0.497 e. The van der Waals surface area contributed by atoms with Gasteiger partial charge in [0, 0.05) is 17.5 Å². The van der Waals surface area contributed by atoms with Crippen LogP contribution in [0, 0.1) is 0 Å². The molecule has 0 saturated carbocycles. The zero-order valence-corrected chi connectivity index (χ0v) is 17.9. The topological polar surface area (TPSA) is 85.8 Å². The molecule has 0 N–H and O–H groups in total. The molecule has 1 aliphatic rings. The predicted molar refractivity (Wildman–Crippen MR) is 115 cm³/mol. The van der Waals surface area contributed by atoms with Gasteiger partial charge in [0.15, 0.2) is 0 Å². The molecule has 3 aromatic rings. The second kappa shape index (κ2) is 8.45. The van der Waals surface area contributed by atoms with Crippen molar-refractivity contribution >= 4 is 33.0 Å². The molecular weight excluding hydrogens is 424 g/mol. The van der Waals surface area contributed by atoms with Crippen LogP contribution in [0.2, 0.25) is 0 Å². The molecule has 0 atom stereocenters. The van der Waals surface area contributed by atoms with Crippen molar-refractivity contribution in [1.29, 1.82) is 0 Å². The molecule has 0 bridgehead atoms. The van der Waals surface area contributed by atoms with E-state index in [2.05, 4.69) is 4.98 Å². The van der Waals surface area contributed by atoms with Crippen molar-refractivity contribution in [1.82, 2.24) is 4.98 Å². The van der Waals surface area contributed by atoms with E-state index in [1.54, 1.807) is 31.4 Å². The van der Waals surface area contributed by atoms with Gasteiger partial charge in [0.25, 0.3) is 0 Å². The predicted octanol–water partition coefficient (Wildman–Crippen LogP) is 3.72. The lowest BCUT2D eigenvalue weighted by Gasteiger charge is -2.16. The standard InChI is InChI=1S/C21H20N2O5S2/c1-27-19-5-2-4-16(12-19)20-22-17(14-29-20)13-28-21(24)15-6-8-18(9-7-15)23-10-3-11-30(23,25)26/h2,4-9,12,14H,3,10-11,13H2,1H3. The number of benzene rings is 2. The Morgan fingerprint density at radius 1 is 1.20 bits per heavy atom. The Morgan fingerprint density at radius 2 is 2.00 bits per heavy atom. The molecule has 1 saturated heterocycles. The molecule has 2 heterocycles. The fraction of sp³-hybridized carbons (Fsp3) is 0.238. The van der Waals surface area contributed by atoms with Gasteiger partial charge in [-0.15, -0.1) is 11.3 Å². The summed E-state index contributed by atoms with van der Waals surface area (Å²) in [6.45, 7) is 0.521. The van der Waals surface area contributed by atoms with Crippen LogP contribution in [-0.2, 0) is 21.4 Å². The number of methoxy groups -OCH3 is 1. The van der Waals surface area contributed by atoms with Gasteiger partial charge >= 0.3 is 5.97 Å². The molecule has 1 fully saturated rings. The smallest absolute Gasteiger partial charge is 0.338 e. The lowest BCUT2D eigenvalue weighted by molar-refractivity contribution is 0.0468. The van der Waals surface area contributed by atoms with Crippen LogP contribution in [0.4, 0.5) is 5.69 Å². The van der Waals surface area contributed by atoms with Crippen LogP contribution in [0.25, 0.3) is 10.6 Å². The lowest BCUT2D eigenvalue weighted by atomic mass is 10.2. The summed E-state index contributed by atoms with van der Waals surface area (Å²) in [5, 5.41) is 2.67. The molecule has 1 aliphatic heterocycles. The van der Waals surface area contributed by atoms with E-state index in [1.165, 1.54) is 15.6 Å². The quantitative estimate of drug-likeness (QED) is 0.539. The van der Waals surface area contributed by atoms with E-state index in [0.717, 1.165) is 16.3 Å². The van der Waals surface area contributed by atoms with E-state index in [-0.39, 0.29) is 12.4 Å². The van der Waals surface area contributed by atoms with Gasteiger partial charge in [0.05, 0.1) is 29.8 Å². The van der Waals surface area contributed by atoms with E-state index in [0.29, 0.717) is 29.9 Å². The fourth-order valence-electron chi connectivity index (χ4n) is 3.18. The number of sulfonamides is 1. The van der Waals surface area contributed by atoms with Crippen molar-refractivity contribution in [3.05, 3.63) is 65.2 Å². The molecule has 0 unspecified atom stereocenters. The molecule has 9 heteroatoms. The van der Waals surface area contributed by atoms with Crippen LogP contribution >= 0.6 is 11.3 Å². The zero-order chi connectivity index (χ0) is 21.1. The summed E-state index contributed by atoms with van der Waals surface area (Å²) >= 11 is 1.46. The first-order valence-electron chi connectivity index (χ1n) is 9.33. The van der Waals surface area contributed by atoms with Crippen molar-refractivity contribution < 1.29 is 22.7 Å². The second-order valence-electron chi connectivity index (χ2n) is 6.74. The number of hydrogen-bond acceptors (Lipinski definition) is 7.